The smallest absolute Gasteiger partial charge is 0.295 e. The number of nitrogens with one attached hydrogen (secondary N) is 2. The van der Waals surface area contributed by atoms with Crippen LogP contribution in [-0.2, 0) is 0 Å². The fourth-order valence-electron chi connectivity index (χ4n) is 3.03. The van der Waals surface area contributed by atoms with Gasteiger partial charge < -0.3 is 9.97 Å². The van der Waals surface area contributed by atoms with Gasteiger partial charge in [-0.3, -0.25) is 9.59 Å². The third-order valence-corrected chi connectivity index (χ3v) is 4.22. The zero-order valence-corrected chi connectivity index (χ0v) is 13.9. The molecule has 0 spiro atoms. The Morgan fingerprint density at radius 1 is 0.926 bits per heavy atom. The van der Waals surface area contributed by atoms with Crippen molar-refractivity contribution in [3.8, 4) is 11.1 Å². The molecule has 27 heavy (non-hydrogen) atoms. The number of carbonyl (C=O) groups is 1. The van der Waals surface area contributed by atoms with E-state index in [1.807, 2.05) is 0 Å². The molecule has 0 amide bonds. The predicted molar refractivity (Wildman–Crippen MR) is 97.0 cm³/mol. The van der Waals surface area contributed by atoms with Crippen LogP contribution < -0.4 is 5.56 Å². The molecule has 0 radical (unpaired) electrons. The number of alkyl halides is 2. The van der Waals surface area contributed by atoms with Crippen molar-refractivity contribution < 1.29 is 13.6 Å². The van der Waals surface area contributed by atoms with Crippen molar-refractivity contribution in [2.45, 2.75) is 6.43 Å². The maximum Gasteiger partial charge on any atom is 0.295 e. The van der Waals surface area contributed by atoms with Gasteiger partial charge in [0.2, 0.25) is 5.78 Å². The van der Waals surface area contributed by atoms with Crippen molar-refractivity contribution in [2.24, 2.45) is 0 Å². The zero-order valence-electron chi connectivity index (χ0n) is 13.9. The summed E-state index contributed by atoms with van der Waals surface area (Å²) in [7, 11) is 0. The Balaban J connectivity index is 2.04. The van der Waals surface area contributed by atoms with E-state index >= 15 is 0 Å². The second kappa shape index (κ2) is 6.60. The second-order valence-corrected chi connectivity index (χ2v) is 5.91. The monoisotopic (exact) mass is 365 g/mol. The molecule has 0 saturated heterocycles. The van der Waals surface area contributed by atoms with E-state index in [4.69, 9.17) is 0 Å². The van der Waals surface area contributed by atoms with E-state index in [9.17, 15) is 18.4 Å². The number of halogens is 2. The summed E-state index contributed by atoms with van der Waals surface area (Å²) >= 11 is 0. The van der Waals surface area contributed by atoms with Gasteiger partial charge in [-0.1, -0.05) is 60.7 Å². The standard InChI is InChI=1S/C20H13F2N3O2/c21-17(22)19-24-18-14(20(27)25-19)13(11-7-3-1-4-8-11)15(23-18)16(26)12-9-5-2-6-10-12/h1-10,17H,(H2,23,24,25,27). The lowest BCUT2D eigenvalue weighted by Gasteiger charge is -2.04. The Labute approximate surface area is 151 Å². The van der Waals surface area contributed by atoms with Crippen LogP contribution in [0.15, 0.2) is 65.5 Å². The predicted octanol–water partition coefficient (Wildman–Crippen LogP) is 4.09. The zero-order chi connectivity index (χ0) is 19.0. The summed E-state index contributed by atoms with van der Waals surface area (Å²) < 4.78 is 26.0. The van der Waals surface area contributed by atoms with E-state index in [2.05, 4.69) is 15.0 Å². The normalized spacial score (nSPS) is 11.2. The van der Waals surface area contributed by atoms with Crippen LogP contribution in [0.2, 0.25) is 0 Å². The van der Waals surface area contributed by atoms with Crippen molar-refractivity contribution in [1.82, 2.24) is 15.0 Å². The number of rotatable bonds is 4. The van der Waals surface area contributed by atoms with Crippen molar-refractivity contribution in [3.05, 3.63) is 88.1 Å². The summed E-state index contributed by atoms with van der Waals surface area (Å²) in [4.78, 5) is 34.2. The molecule has 2 aromatic carbocycles. The number of aromatic amines is 2. The largest absolute Gasteiger partial charge is 0.337 e. The van der Waals surface area contributed by atoms with E-state index in [0.29, 0.717) is 16.7 Å². The number of carbonyl (C=O) groups excluding carboxylic acids is 1. The van der Waals surface area contributed by atoms with E-state index in [1.165, 1.54) is 0 Å². The maximum absolute atomic E-state index is 13.0. The lowest BCUT2D eigenvalue weighted by Crippen LogP contribution is -2.12. The van der Waals surface area contributed by atoms with Gasteiger partial charge in [0.05, 0.1) is 11.1 Å². The number of hydrogen-bond acceptors (Lipinski definition) is 3. The molecule has 7 heteroatoms. The average Bonchev–Trinajstić information content (AvgIpc) is 3.09. The summed E-state index contributed by atoms with van der Waals surface area (Å²) in [6, 6.07) is 17.3. The Hall–Kier alpha value is -3.61. The number of nitrogens with zero attached hydrogens (tertiary/aromatic N) is 1. The Morgan fingerprint density at radius 3 is 2.19 bits per heavy atom. The van der Waals surface area contributed by atoms with Gasteiger partial charge in [-0.2, -0.15) is 4.98 Å². The Kier molecular flexibility index (Phi) is 4.12. The van der Waals surface area contributed by atoms with E-state index in [1.54, 1.807) is 60.7 Å². The second-order valence-electron chi connectivity index (χ2n) is 5.91. The number of fused-ring (bicyclic) bond motifs is 1. The molecule has 5 nitrogen and oxygen atoms in total. The van der Waals surface area contributed by atoms with Gasteiger partial charge in [0, 0.05) is 11.1 Å². The van der Waals surface area contributed by atoms with Crippen LogP contribution in [0.3, 0.4) is 0 Å². The van der Waals surface area contributed by atoms with Crippen molar-refractivity contribution in [1.29, 1.82) is 0 Å². The summed E-state index contributed by atoms with van der Waals surface area (Å²) in [5.41, 5.74) is 0.735. The van der Waals surface area contributed by atoms with Gasteiger partial charge in [0.25, 0.3) is 12.0 Å². The first-order valence-corrected chi connectivity index (χ1v) is 8.15. The highest BCUT2D eigenvalue weighted by Gasteiger charge is 2.24. The van der Waals surface area contributed by atoms with Gasteiger partial charge in [-0.05, 0) is 5.56 Å². The van der Waals surface area contributed by atoms with Gasteiger partial charge in [0.15, 0.2) is 5.82 Å². The molecule has 0 aliphatic rings. The molecular formula is C20H13F2N3O2. The molecule has 2 aromatic heterocycles. The van der Waals surface area contributed by atoms with Crippen LogP contribution in [0.4, 0.5) is 8.78 Å². The molecule has 0 atom stereocenters. The summed E-state index contributed by atoms with van der Waals surface area (Å²) in [5, 5.41) is 0.0740. The van der Waals surface area contributed by atoms with Crippen LogP contribution in [0.1, 0.15) is 28.3 Å². The summed E-state index contributed by atoms with van der Waals surface area (Å²) in [6.45, 7) is 0. The van der Waals surface area contributed by atoms with Gasteiger partial charge >= 0.3 is 0 Å². The fourth-order valence-corrected chi connectivity index (χ4v) is 3.03. The highest BCUT2D eigenvalue weighted by molar-refractivity contribution is 6.16. The molecule has 0 unspecified atom stereocenters. The molecule has 0 saturated carbocycles. The van der Waals surface area contributed by atoms with Crippen LogP contribution >= 0.6 is 0 Å². The fraction of sp³-hybridized carbons (Fsp3) is 0.0500. The molecule has 0 aliphatic carbocycles. The number of benzene rings is 2. The molecule has 2 N–H and O–H groups in total. The molecule has 2 heterocycles. The number of ketones is 1. The highest BCUT2D eigenvalue weighted by Crippen LogP contribution is 2.31. The lowest BCUT2D eigenvalue weighted by atomic mass is 9.98. The quantitative estimate of drug-likeness (QED) is 0.535. The Morgan fingerprint density at radius 2 is 1.56 bits per heavy atom. The molecule has 134 valence electrons. The van der Waals surface area contributed by atoms with Gasteiger partial charge in [-0.15, -0.1) is 0 Å². The maximum atomic E-state index is 13.0. The SMILES string of the molecule is O=C(c1ccccc1)c1[nH]c2[nH]c(C(F)F)nc(=O)c2c1-c1ccccc1. The first-order valence-electron chi connectivity index (χ1n) is 8.15. The highest BCUT2D eigenvalue weighted by atomic mass is 19.3. The molecule has 0 aliphatic heterocycles. The third-order valence-electron chi connectivity index (χ3n) is 4.22. The molecule has 0 fully saturated rings. The third kappa shape index (κ3) is 2.93. The molecular weight excluding hydrogens is 352 g/mol. The van der Waals surface area contributed by atoms with Crippen molar-refractivity contribution in [3.63, 3.8) is 0 Å². The van der Waals surface area contributed by atoms with Gasteiger partial charge in [-0.25, -0.2) is 8.78 Å². The van der Waals surface area contributed by atoms with E-state index in [0.717, 1.165) is 0 Å². The topological polar surface area (TPSA) is 78.6 Å². The minimum absolute atomic E-state index is 0.0448. The van der Waals surface area contributed by atoms with Crippen LogP contribution in [-0.4, -0.2) is 20.7 Å². The number of hydrogen-bond donors (Lipinski definition) is 2. The van der Waals surface area contributed by atoms with Crippen molar-refractivity contribution >= 4 is 16.8 Å². The number of aromatic nitrogens is 3. The van der Waals surface area contributed by atoms with Crippen LogP contribution in [0, 0.1) is 0 Å². The van der Waals surface area contributed by atoms with Crippen LogP contribution in [0.25, 0.3) is 22.2 Å². The molecule has 4 rings (SSSR count). The minimum Gasteiger partial charge on any atom is -0.337 e. The summed E-state index contributed by atoms with van der Waals surface area (Å²) in [5.74, 6) is -1.09. The first kappa shape index (κ1) is 16.8. The minimum atomic E-state index is -2.93. The van der Waals surface area contributed by atoms with Crippen LogP contribution in [0.5, 0.6) is 0 Å². The molecule has 0 bridgehead atoms. The van der Waals surface area contributed by atoms with Gasteiger partial charge in [0.1, 0.15) is 5.65 Å². The first-order chi connectivity index (χ1) is 13.1. The molecule has 4 aromatic rings. The summed E-state index contributed by atoms with van der Waals surface area (Å²) in [6.07, 6.45) is -2.93. The Bertz CT molecular complexity index is 1180. The van der Waals surface area contributed by atoms with Crippen molar-refractivity contribution in [2.75, 3.05) is 0 Å². The number of H-pyrrole nitrogens is 2. The lowest BCUT2D eigenvalue weighted by molar-refractivity contribution is 0.103. The van der Waals surface area contributed by atoms with E-state index < -0.39 is 17.8 Å². The van der Waals surface area contributed by atoms with E-state index in [-0.39, 0.29) is 22.5 Å². The average molecular weight is 365 g/mol.